The van der Waals surface area contributed by atoms with Gasteiger partial charge in [0.15, 0.2) is 0 Å². The van der Waals surface area contributed by atoms with Crippen LogP contribution in [0.2, 0.25) is 6.04 Å². The Kier molecular flexibility index (Phi) is 6.93. The van der Waals surface area contributed by atoms with Crippen LogP contribution in [0.15, 0.2) is 60.7 Å². The maximum Gasteiger partial charge on any atom is 0.432 e. The van der Waals surface area contributed by atoms with Crippen molar-refractivity contribution in [2.75, 3.05) is 0 Å². The summed E-state index contributed by atoms with van der Waals surface area (Å²) < 4.78 is 63.3. The van der Waals surface area contributed by atoms with Gasteiger partial charge < -0.3 is 4.74 Å². The van der Waals surface area contributed by atoms with Gasteiger partial charge >= 0.3 is 6.11 Å². The summed E-state index contributed by atoms with van der Waals surface area (Å²) in [6.45, 7) is 1.80. The Morgan fingerprint density at radius 1 is 0.848 bits per heavy atom. The van der Waals surface area contributed by atoms with Gasteiger partial charge in [-0.2, -0.15) is 8.78 Å². The summed E-state index contributed by atoms with van der Waals surface area (Å²) in [5.41, 5.74) is 1.49. The molecule has 0 atom stereocenters. The standard InChI is InChI=1S/C27H28F4OSi/c1-17-2-12-23(13-3-17)32-27(30,31)26-24(28)14-22(15-25(26)29)21-10-8-20(9-11-21)19-6-4-18(16-33)5-7-19/h2-3,8-15,18-19H,4-7,16H2,1,33H3. The molecule has 0 N–H and O–H groups in total. The summed E-state index contributed by atoms with van der Waals surface area (Å²) in [6, 6.07) is 16.7. The van der Waals surface area contributed by atoms with Crippen LogP contribution in [-0.4, -0.2) is 10.2 Å². The van der Waals surface area contributed by atoms with E-state index >= 15 is 0 Å². The number of benzene rings is 3. The van der Waals surface area contributed by atoms with Crippen molar-refractivity contribution < 1.29 is 22.3 Å². The van der Waals surface area contributed by atoms with E-state index in [2.05, 4.69) is 4.74 Å². The fourth-order valence-corrected chi connectivity index (χ4v) is 5.49. The first-order valence-corrected chi connectivity index (χ1v) is 12.9. The molecule has 0 spiro atoms. The topological polar surface area (TPSA) is 9.23 Å². The van der Waals surface area contributed by atoms with Gasteiger partial charge in [-0.05, 0) is 72.6 Å². The molecule has 1 aliphatic carbocycles. The first-order valence-electron chi connectivity index (χ1n) is 11.5. The number of halogens is 4. The van der Waals surface area contributed by atoms with Gasteiger partial charge in [-0.25, -0.2) is 8.78 Å². The van der Waals surface area contributed by atoms with Gasteiger partial charge in [0, 0.05) is 10.2 Å². The van der Waals surface area contributed by atoms with E-state index in [4.69, 9.17) is 0 Å². The summed E-state index contributed by atoms with van der Waals surface area (Å²) in [5.74, 6) is -1.47. The molecule has 1 aliphatic rings. The summed E-state index contributed by atoms with van der Waals surface area (Å²) >= 11 is 0. The van der Waals surface area contributed by atoms with Crippen molar-refractivity contribution in [3.05, 3.63) is 89.0 Å². The van der Waals surface area contributed by atoms with Crippen molar-refractivity contribution in [1.29, 1.82) is 0 Å². The molecule has 3 aromatic carbocycles. The SMILES string of the molecule is Cc1ccc(OC(F)(F)c2c(F)cc(-c3ccc(C4CCC(C[SiH3])CC4)cc3)cc2F)cc1. The molecule has 1 saturated carbocycles. The lowest BCUT2D eigenvalue weighted by atomic mass is 9.79. The summed E-state index contributed by atoms with van der Waals surface area (Å²) in [4.78, 5) is 0. The minimum atomic E-state index is -4.15. The molecule has 0 unspecified atom stereocenters. The highest BCUT2D eigenvalue weighted by atomic mass is 28.1. The summed E-state index contributed by atoms with van der Waals surface area (Å²) in [6.07, 6.45) is 0.700. The zero-order valence-electron chi connectivity index (χ0n) is 18.9. The normalized spacial score (nSPS) is 18.9. The van der Waals surface area contributed by atoms with E-state index in [1.807, 2.05) is 24.3 Å². The minimum absolute atomic E-state index is 0.167. The van der Waals surface area contributed by atoms with Crippen LogP contribution < -0.4 is 4.74 Å². The Morgan fingerprint density at radius 3 is 1.97 bits per heavy atom. The molecule has 0 bridgehead atoms. The molecular formula is C27H28F4OSi. The van der Waals surface area contributed by atoms with E-state index < -0.39 is 23.3 Å². The smallest absolute Gasteiger partial charge is 0.429 e. The van der Waals surface area contributed by atoms with E-state index in [1.165, 1.54) is 59.7 Å². The number of hydrogen-bond donors (Lipinski definition) is 0. The zero-order chi connectivity index (χ0) is 23.6. The van der Waals surface area contributed by atoms with Crippen LogP contribution in [0.5, 0.6) is 5.75 Å². The molecule has 1 nitrogen and oxygen atoms in total. The summed E-state index contributed by atoms with van der Waals surface area (Å²) in [5, 5.41) is 0. The lowest BCUT2D eigenvalue weighted by Gasteiger charge is -2.28. The Morgan fingerprint density at radius 2 is 1.42 bits per heavy atom. The molecule has 0 saturated heterocycles. The molecule has 0 heterocycles. The van der Waals surface area contributed by atoms with Gasteiger partial charge in [-0.3, -0.25) is 0 Å². The van der Waals surface area contributed by atoms with Crippen molar-refractivity contribution in [2.45, 2.75) is 50.7 Å². The molecule has 174 valence electrons. The van der Waals surface area contributed by atoms with E-state index in [9.17, 15) is 17.6 Å². The molecule has 0 amide bonds. The van der Waals surface area contributed by atoms with Crippen molar-refractivity contribution >= 4 is 10.2 Å². The number of ether oxygens (including phenoxy) is 1. The monoisotopic (exact) mass is 472 g/mol. The fourth-order valence-electron chi connectivity index (χ4n) is 4.67. The quantitative estimate of drug-likeness (QED) is 0.274. The van der Waals surface area contributed by atoms with Crippen LogP contribution in [0.3, 0.4) is 0 Å². The zero-order valence-corrected chi connectivity index (χ0v) is 20.9. The molecule has 0 aromatic heterocycles. The Hall–Kier alpha value is -2.60. The first-order chi connectivity index (χ1) is 15.8. The summed E-state index contributed by atoms with van der Waals surface area (Å²) in [7, 11) is 1.25. The average molecular weight is 473 g/mol. The van der Waals surface area contributed by atoms with Crippen molar-refractivity contribution in [3.8, 4) is 16.9 Å². The first kappa shape index (κ1) is 23.6. The van der Waals surface area contributed by atoms with Crippen molar-refractivity contribution in [2.24, 2.45) is 5.92 Å². The van der Waals surface area contributed by atoms with Crippen LogP contribution in [0.1, 0.15) is 48.3 Å². The maximum absolute atomic E-state index is 14.7. The molecule has 6 heteroatoms. The van der Waals surface area contributed by atoms with E-state index in [0.717, 1.165) is 23.6 Å². The molecule has 3 aromatic rings. The minimum Gasteiger partial charge on any atom is -0.429 e. The van der Waals surface area contributed by atoms with E-state index in [-0.39, 0.29) is 11.3 Å². The van der Waals surface area contributed by atoms with E-state index in [1.54, 1.807) is 19.1 Å². The predicted octanol–water partition coefficient (Wildman–Crippen LogP) is 7.13. The third-order valence-corrected chi connectivity index (χ3v) is 7.89. The molecule has 1 fully saturated rings. The highest BCUT2D eigenvalue weighted by Crippen LogP contribution is 2.39. The lowest BCUT2D eigenvalue weighted by molar-refractivity contribution is -0.189. The third-order valence-electron chi connectivity index (χ3n) is 6.74. The van der Waals surface area contributed by atoms with Gasteiger partial charge in [0.25, 0.3) is 0 Å². The number of rotatable bonds is 6. The number of alkyl halides is 2. The van der Waals surface area contributed by atoms with Gasteiger partial charge in [-0.1, -0.05) is 60.8 Å². The second kappa shape index (κ2) is 9.72. The van der Waals surface area contributed by atoms with E-state index in [0.29, 0.717) is 11.5 Å². The number of aryl methyl sites for hydroxylation is 1. The van der Waals surface area contributed by atoms with Crippen LogP contribution in [0, 0.1) is 24.5 Å². The van der Waals surface area contributed by atoms with Gasteiger partial charge in [-0.15, -0.1) is 0 Å². The van der Waals surface area contributed by atoms with Crippen molar-refractivity contribution in [3.63, 3.8) is 0 Å². The van der Waals surface area contributed by atoms with Crippen LogP contribution in [-0.2, 0) is 6.11 Å². The Bertz CT molecular complexity index is 1070. The Labute approximate surface area is 195 Å². The largest absolute Gasteiger partial charge is 0.432 e. The molecule has 33 heavy (non-hydrogen) atoms. The van der Waals surface area contributed by atoms with Crippen LogP contribution in [0.25, 0.3) is 11.1 Å². The molecule has 4 rings (SSSR count). The molecular weight excluding hydrogens is 444 g/mol. The predicted molar refractivity (Wildman–Crippen MR) is 127 cm³/mol. The second-order valence-electron chi connectivity index (χ2n) is 8.99. The van der Waals surface area contributed by atoms with Crippen molar-refractivity contribution in [1.82, 2.24) is 0 Å². The van der Waals surface area contributed by atoms with Gasteiger partial charge in [0.05, 0.1) is 0 Å². The number of hydrogen-bond acceptors (Lipinski definition) is 1. The third kappa shape index (κ3) is 5.32. The maximum atomic E-state index is 14.7. The van der Waals surface area contributed by atoms with Crippen LogP contribution in [0.4, 0.5) is 17.6 Å². The van der Waals surface area contributed by atoms with Gasteiger partial charge in [0.1, 0.15) is 22.9 Å². The highest BCUT2D eigenvalue weighted by Gasteiger charge is 2.41. The second-order valence-corrected chi connectivity index (χ2v) is 9.81. The average Bonchev–Trinajstić information content (AvgIpc) is 2.80. The fraction of sp³-hybridized carbons (Fsp3) is 0.333. The molecule has 0 aliphatic heterocycles. The molecule has 0 radical (unpaired) electrons. The van der Waals surface area contributed by atoms with Crippen LogP contribution >= 0.6 is 0 Å². The lowest BCUT2D eigenvalue weighted by Crippen LogP contribution is -2.25. The Balaban J connectivity index is 1.53. The van der Waals surface area contributed by atoms with Gasteiger partial charge in [0.2, 0.25) is 0 Å². The highest BCUT2D eigenvalue weighted by molar-refractivity contribution is 6.08.